The Kier molecular flexibility index (Phi) is 5.48. The van der Waals surface area contributed by atoms with Gasteiger partial charge in [-0.1, -0.05) is 0 Å². The lowest BCUT2D eigenvalue weighted by Crippen LogP contribution is -2.43. The molecule has 0 aromatic carbocycles. The summed E-state index contributed by atoms with van der Waals surface area (Å²) < 4.78 is 13.5. The average molecular weight is 373 g/mol. The lowest BCUT2D eigenvalue weighted by atomic mass is 10.1. The smallest absolute Gasteiger partial charge is 0.332 e. The van der Waals surface area contributed by atoms with Gasteiger partial charge in [0.15, 0.2) is 5.56 Å². The van der Waals surface area contributed by atoms with Gasteiger partial charge in [0.1, 0.15) is 23.4 Å². The molecule has 0 aliphatic carbocycles. The molecule has 0 amide bonds. The van der Waals surface area contributed by atoms with Gasteiger partial charge < -0.3 is 14.5 Å². The van der Waals surface area contributed by atoms with Crippen molar-refractivity contribution in [1.29, 1.82) is 5.26 Å². The third-order valence-electron chi connectivity index (χ3n) is 4.82. The summed E-state index contributed by atoms with van der Waals surface area (Å²) in [6, 6.07) is 5.61. The van der Waals surface area contributed by atoms with Crippen LogP contribution in [0.3, 0.4) is 0 Å². The fourth-order valence-electron chi connectivity index (χ4n) is 3.28. The van der Waals surface area contributed by atoms with Crippen LogP contribution in [0, 0.1) is 18.3 Å². The molecule has 2 aromatic heterocycles. The van der Waals surface area contributed by atoms with Crippen LogP contribution in [0.4, 0.5) is 5.82 Å². The molecule has 0 spiro atoms. The number of rotatable bonds is 5. The Morgan fingerprint density at radius 3 is 2.52 bits per heavy atom. The van der Waals surface area contributed by atoms with Crippen LogP contribution in [0.25, 0.3) is 0 Å². The first-order chi connectivity index (χ1) is 12.9. The molecular weight excluding hydrogens is 350 g/mol. The van der Waals surface area contributed by atoms with Crippen LogP contribution >= 0.6 is 0 Å². The van der Waals surface area contributed by atoms with Crippen LogP contribution in [-0.2, 0) is 18.8 Å². The standard InChI is InChI=1S/C18H23N5O4/c1-12-4-5-15(27-12)14(23-6-8-26-9-7-23)11-20-16-13(10-19)17(24)22(3)18(25)21(16)2/h4-5,14,20H,6-9,11H2,1-3H3. The maximum Gasteiger partial charge on any atom is 0.332 e. The van der Waals surface area contributed by atoms with Crippen molar-refractivity contribution >= 4 is 5.82 Å². The largest absolute Gasteiger partial charge is 0.465 e. The van der Waals surface area contributed by atoms with Gasteiger partial charge in [-0.2, -0.15) is 5.26 Å². The Labute approximate surface area is 156 Å². The number of aromatic nitrogens is 2. The molecule has 1 atom stereocenters. The molecule has 1 saturated heterocycles. The summed E-state index contributed by atoms with van der Waals surface area (Å²) in [5.74, 6) is 1.81. The van der Waals surface area contributed by atoms with E-state index >= 15 is 0 Å². The molecule has 1 aliphatic heterocycles. The highest BCUT2D eigenvalue weighted by atomic mass is 16.5. The molecular formula is C18H23N5O4. The highest BCUT2D eigenvalue weighted by molar-refractivity contribution is 5.51. The fraction of sp³-hybridized carbons (Fsp3) is 0.500. The number of ether oxygens (including phenoxy) is 1. The second kappa shape index (κ2) is 7.82. The van der Waals surface area contributed by atoms with Gasteiger partial charge in [-0.05, 0) is 19.1 Å². The predicted molar refractivity (Wildman–Crippen MR) is 98.7 cm³/mol. The molecule has 9 heteroatoms. The molecule has 0 saturated carbocycles. The molecule has 1 aliphatic rings. The van der Waals surface area contributed by atoms with Gasteiger partial charge in [0, 0.05) is 33.7 Å². The third kappa shape index (κ3) is 3.67. The normalized spacial score (nSPS) is 16.1. The summed E-state index contributed by atoms with van der Waals surface area (Å²) in [6.45, 7) is 5.00. The van der Waals surface area contributed by atoms with E-state index in [1.54, 1.807) is 0 Å². The maximum absolute atomic E-state index is 12.3. The van der Waals surface area contributed by atoms with Crippen molar-refractivity contribution in [3.63, 3.8) is 0 Å². The molecule has 3 heterocycles. The average Bonchev–Trinajstić information content (AvgIpc) is 3.11. The number of hydrogen-bond acceptors (Lipinski definition) is 7. The zero-order valence-electron chi connectivity index (χ0n) is 15.7. The van der Waals surface area contributed by atoms with E-state index in [-0.39, 0.29) is 17.4 Å². The minimum absolute atomic E-state index is 0.0871. The van der Waals surface area contributed by atoms with Crippen LogP contribution in [0.1, 0.15) is 23.1 Å². The van der Waals surface area contributed by atoms with Crippen molar-refractivity contribution in [3.05, 3.63) is 50.1 Å². The van der Waals surface area contributed by atoms with E-state index in [0.717, 1.165) is 29.2 Å². The van der Waals surface area contributed by atoms with Gasteiger partial charge in [0.05, 0.1) is 19.3 Å². The van der Waals surface area contributed by atoms with Gasteiger partial charge in [0.2, 0.25) is 0 Å². The number of anilines is 1. The number of furan rings is 1. The first-order valence-electron chi connectivity index (χ1n) is 8.76. The second-order valence-electron chi connectivity index (χ2n) is 6.53. The number of aryl methyl sites for hydroxylation is 1. The number of nitrogens with one attached hydrogen (secondary N) is 1. The molecule has 1 unspecified atom stereocenters. The van der Waals surface area contributed by atoms with Crippen LogP contribution in [0.15, 0.2) is 26.1 Å². The SMILES string of the molecule is Cc1ccc(C(CNc2c(C#N)c(=O)n(C)c(=O)n2C)N2CCOCC2)o1. The van der Waals surface area contributed by atoms with Crippen LogP contribution in [0.5, 0.6) is 0 Å². The number of nitriles is 1. The van der Waals surface area contributed by atoms with E-state index in [2.05, 4.69) is 10.2 Å². The molecule has 9 nitrogen and oxygen atoms in total. The summed E-state index contributed by atoms with van der Waals surface area (Å²) >= 11 is 0. The Bertz CT molecular complexity index is 975. The zero-order chi connectivity index (χ0) is 19.6. The minimum Gasteiger partial charge on any atom is -0.465 e. The van der Waals surface area contributed by atoms with E-state index in [0.29, 0.717) is 19.8 Å². The van der Waals surface area contributed by atoms with E-state index < -0.39 is 11.2 Å². The molecule has 1 fully saturated rings. The van der Waals surface area contributed by atoms with Crippen molar-refractivity contribution < 1.29 is 9.15 Å². The van der Waals surface area contributed by atoms with Gasteiger partial charge >= 0.3 is 5.69 Å². The van der Waals surface area contributed by atoms with Crippen molar-refractivity contribution in [2.24, 2.45) is 14.1 Å². The van der Waals surface area contributed by atoms with Crippen LogP contribution < -0.4 is 16.6 Å². The van der Waals surface area contributed by atoms with Crippen LogP contribution in [-0.4, -0.2) is 46.9 Å². The van der Waals surface area contributed by atoms with E-state index in [1.165, 1.54) is 18.7 Å². The van der Waals surface area contributed by atoms with E-state index in [1.807, 2.05) is 25.1 Å². The van der Waals surface area contributed by atoms with E-state index in [4.69, 9.17) is 9.15 Å². The maximum atomic E-state index is 12.3. The summed E-state index contributed by atoms with van der Waals surface area (Å²) in [4.78, 5) is 26.7. The van der Waals surface area contributed by atoms with E-state index in [9.17, 15) is 14.9 Å². The molecule has 1 N–H and O–H groups in total. The van der Waals surface area contributed by atoms with Crippen molar-refractivity contribution in [1.82, 2.24) is 14.0 Å². The highest BCUT2D eigenvalue weighted by Crippen LogP contribution is 2.24. The number of nitrogens with zero attached hydrogens (tertiary/aromatic N) is 4. The van der Waals surface area contributed by atoms with Crippen molar-refractivity contribution in [2.45, 2.75) is 13.0 Å². The van der Waals surface area contributed by atoms with Crippen molar-refractivity contribution in [3.8, 4) is 6.07 Å². The molecule has 0 bridgehead atoms. The first kappa shape index (κ1) is 18.9. The first-order valence-corrected chi connectivity index (χ1v) is 8.76. The topological polar surface area (TPSA) is 105 Å². The quantitative estimate of drug-likeness (QED) is 0.806. The number of morpholine rings is 1. The molecule has 144 valence electrons. The molecule has 0 radical (unpaired) electrons. The molecule has 27 heavy (non-hydrogen) atoms. The van der Waals surface area contributed by atoms with Crippen molar-refractivity contribution in [2.75, 3.05) is 38.2 Å². The third-order valence-corrected chi connectivity index (χ3v) is 4.82. The minimum atomic E-state index is -0.611. The van der Waals surface area contributed by atoms with Gasteiger partial charge in [-0.3, -0.25) is 18.8 Å². The lowest BCUT2D eigenvalue weighted by Gasteiger charge is -2.33. The molecule has 3 rings (SSSR count). The lowest BCUT2D eigenvalue weighted by molar-refractivity contribution is 0.0143. The van der Waals surface area contributed by atoms with Crippen LogP contribution in [0.2, 0.25) is 0 Å². The monoisotopic (exact) mass is 373 g/mol. The Balaban J connectivity index is 1.93. The Hall–Kier alpha value is -2.83. The van der Waals surface area contributed by atoms with Gasteiger partial charge in [0.25, 0.3) is 5.56 Å². The molecule has 2 aromatic rings. The van der Waals surface area contributed by atoms with Gasteiger partial charge in [-0.15, -0.1) is 0 Å². The fourth-order valence-corrected chi connectivity index (χ4v) is 3.28. The summed E-state index contributed by atoms with van der Waals surface area (Å²) in [5, 5.41) is 12.5. The predicted octanol–water partition coefficient (Wildman–Crippen LogP) is 0.343. The number of hydrogen-bond donors (Lipinski definition) is 1. The summed E-state index contributed by atoms with van der Waals surface area (Å²) in [7, 11) is 2.89. The second-order valence-corrected chi connectivity index (χ2v) is 6.53. The highest BCUT2D eigenvalue weighted by Gasteiger charge is 2.26. The zero-order valence-corrected chi connectivity index (χ0v) is 15.7. The Morgan fingerprint density at radius 1 is 1.22 bits per heavy atom. The summed E-state index contributed by atoms with van der Waals surface area (Å²) in [6.07, 6.45) is 0. The summed E-state index contributed by atoms with van der Waals surface area (Å²) in [5.41, 5.74) is -1.19. The van der Waals surface area contributed by atoms with Gasteiger partial charge in [-0.25, -0.2) is 4.79 Å². The Morgan fingerprint density at radius 2 is 1.93 bits per heavy atom.